The molecule has 0 saturated carbocycles. The highest BCUT2D eigenvalue weighted by atomic mass is 28.3. The van der Waals surface area contributed by atoms with E-state index in [1.807, 2.05) is 30.3 Å². The third-order valence-electron chi connectivity index (χ3n) is 9.26. The number of carbonyl (C=O) groups is 2. The Balaban J connectivity index is 1.19. The quantitative estimate of drug-likeness (QED) is 0.128. The maximum absolute atomic E-state index is 13.3. The molecule has 266 valence electrons. The molecule has 2 aliphatic heterocycles. The van der Waals surface area contributed by atoms with Gasteiger partial charge in [0.05, 0.1) is 30.3 Å². The summed E-state index contributed by atoms with van der Waals surface area (Å²) in [6, 6.07) is 14.8. The van der Waals surface area contributed by atoms with Gasteiger partial charge in [-0.25, -0.2) is 14.8 Å². The van der Waals surface area contributed by atoms with Crippen molar-refractivity contribution in [2.75, 3.05) is 49.7 Å². The number of hydrogen-bond donors (Lipinski definition) is 3. The van der Waals surface area contributed by atoms with Gasteiger partial charge in [0, 0.05) is 52.2 Å². The number of nitrogens with one attached hydrogen (secondary N) is 2. The Morgan fingerprint density at radius 2 is 1.90 bits per heavy atom. The van der Waals surface area contributed by atoms with Crippen molar-refractivity contribution in [3.63, 3.8) is 0 Å². The van der Waals surface area contributed by atoms with Gasteiger partial charge in [-0.1, -0.05) is 31.8 Å². The lowest BCUT2D eigenvalue weighted by molar-refractivity contribution is 0.0908. The van der Waals surface area contributed by atoms with Crippen molar-refractivity contribution in [2.24, 2.45) is 0 Å². The Kier molecular flexibility index (Phi) is 11.1. The van der Waals surface area contributed by atoms with Crippen molar-refractivity contribution in [3.05, 3.63) is 66.2 Å². The number of ether oxygens (including phenoxy) is 2. The van der Waals surface area contributed by atoms with Crippen LogP contribution >= 0.6 is 0 Å². The Morgan fingerprint density at radius 3 is 2.66 bits per heavy atom. The molecule has 0 radical (unpaired) electrons. The van der Waals surface area contributed by atoms with Crippen LogP contribution in [0.2, 0.25) is 25.7 Å². The summed E-state index contributed by atoms with van der Waals surface area (Å²) in [5.74, 6) is 0.594. The van der Waals surface area contributed by atoms with Crippen molar-refractivity contribution in [1.29, 1.82) is 0 Å². The minimum absolute atomic E-state index is 0.0963. The fourth-order valence-electron chi connectivity index (χ4n) is 6.59. The standard InChI is InChI=1S/C36H48N8O5Si/c1-25-22-48-15-14-43(25)33-30-19-32(44(34(30)39-23-38-33)24-49-16-17-50(2,3)4)27-7-9-28(10-8-27)40-35(45)31-18-26(11-12-37-31)20-42-13-5-6-29(21-42)41-36(46)47/h7-12,18-19,23,25,29,41H,5-6,13-17,20-22,24H2,1-4H3,(H,40,45)(H,46,47). The highest BCUT2D eigenvalue weighted by molar-refractivity contribution is 6.76. The van der Waals surface area contributed by atoms with Crippen LogP contribution in [0.1, 0.15) is 35.8 Å². The van der Waals surface area contributed by atoms with Crippen molar-refractivity contribution in [3.8, 4) is 11.3 Å². The zero-order valence-electron chi connectivity index (χ0n) is 29.4. The zero-order valence-corrected chi connectivity index (χ0v) is 30.4. The molecule has 2 amide bonds. The van der Waals surface area contributed by atoms with Gasteiger partial charge in [0.25, 0.3) is 5.91 Å². The van der Waals surface area contributed by atoms with E-state index in [2.05, 4.69) is 62.6 Å². The first-order valence-electron chi connectivity index (χ1n) is 17.4. The molecule has 2 unspecified atom stereocenters. The van der Waals surface area contributed by atoms with Gasteiger partial charge in [-0.05, 0) is 73.8 Å². The van der Waals surface area contributed by atoms with Gasteiger partial charge in [-0.15, -0.1) is 0 Å². The molecule has 3 aromatic heterocycles. The summed E-state index contributed by atoms with van der Waals surface area (Å²) in [5.41, 5.74) is 4.67. The van der Waals surface area contributed by atoms with Gasteiger partial charge < -0.3 is 34.7 Å². The molecule has 4 aromatic rings. The van der Waals surface area contributed by atoms with Gasteiger partial charge in [0.2, 0.25) is 0 Å². The van der Waals surface area contributed by atoms with Crippen LogP contribution in [-0.4, -0.2) is 101 Å². The number of morpholine rings is 1. The molecule has 2 aliphatic rings. The summed E-state index contributed by atoms with van der Waals surface area (Å²) < 4.78 is 14.0. The average molecular weight is 701 g/mol. The van der Waals surface area contributed by atoms with E-state index in [0.717, 1.165) is 65.6 Å². The summed E-state index contributed by atoms with van der Waals surface area (Å²) in [5, 5.41) is 15.7. The van der Waals surface area contributed by atoms with Crippen molar-refractivity contribution in [1.82, 2.24) is 29.7 Å². The minimum Gasteiger partial charge on any atom is -0.465 e. The number of pyridine rings is 1. The number of hydrogen-bond acceptors (Lipinski definition) is 9. The molecule has 0 bridgehead atoms. The number of carbonyl (C=O) groups excluding carboxylic acids is 1. The summed E-state index contributed by atoms with van der Waals surface area (Å²) in [7, 11) is -1.26. The molecule has 0 aliphatic carbocycles. The monoisotopic (exact) mass is 700 g/mol. The highest BCUT2D eigenvalue weighted by Crippen LogP contribution is 2.34. The summed E-state index contributed by atoms with van der Waals surface area (Å²) >= 11 is 0. The van der Waals surface area contributed by atoms with E-state index in [-0.39, 0.29) is 18.0 Å². The second-order valence-electron chi connectivity index (χ2n) is 14.5. The summed E-state index contributed by atoms with van der Waals surface area (Å²) in [4.78, 5) is 42.6. The highest BCUT2D eigenvalue weighted by Gasteiger charge is 2.25. The molecule has 13 nitrogen and oxygen atoms in total. The van der Waals surface area contributed by atoms with Crippen LogP contribution in [0, 0.1) is 0 Å². The lowest BCUT2D eigenvalue weighted by Crippen LogP contribution is -2.46. The zero-order chi connectivity index (χ0) is 35.3. The summed E-state index contributed by atoms with van der Waals surface area (Å²) in [6.45, 7) is 14.4. The van der Waals surface area contributed by atoms with Crippen LogP contribution in [0.25, 0.3) is 22.3 Å². The van der Waals surface area contributed by atoms with E-state index in [4.69, 9.17) is 24.5 Å². The van der Waals surface area contributed by atoms with Gasteiger partial charge in [-0.2, -0.15) is 0 Å². The topological polar surface area (TPSA) is 147 Å². The van der Waals surface area contributed by atoms with Gasteiger partial charge in [-0.3, -0.25) is 14.7 Å². The minimum atomic E-state index is -1.26. The van der Waals surface area contributed by atoms with Crippen LogP contribution in [0.15, 0.2) is 55.0 Å². The number of amides is 2. The molecular weight excluding hydrogens is 653 g/mol. The SMILES string of the molecule is CC1COCCN1c1ncnc2c1cc(-c1ccc(NC(=O)c3cc(CN4CCCC(NC(=O)O)C4)ccn3)cc1)n2COCC[Si](C)(C)C. The number of likely N-dealkylation sites (tertiary alicyclic amines) is 1. The molecule has 2 atom stereocenters. The Hall–Kier alpha value is -4.37. The van der Waals surface area contributed by atoms with E-state index in [1.165, 1.54) is 0 Å². The van der Waals surface area contributed by atoms with Crippen LogP contribution in [-0.2, 0) is 22.7 Å². The van der Waals surface area contributed by atoms with E-state index in [0.29, 0.717) is 51.0 Å². The lowest BCUT2D eigenvalue weighted by atomic mass is 10.0. The molecule has 3 N–H and O–H groups in total. The summed E-state index contributed by atoms with van der Waals surface area (Å²) in [6.07, 6.45) is 4.00. The lowest BCUT2D eigenvalue weighted by Gasteiger charge is -2.34. The average Bonchev–Trinajstić information content (AvgIpc) is 3.45. The van der Waals surface area contributed by atoms with Gasteiger partial charge >= 0.3 is 6.09 Å². The number of rotatable bonds is 12. The Bertz CT molecular complexity index is 1790. The predicted octanol–water partition coefficient (Wildman–Crippen LogP) is 5.52. The molecule has 2 saturated heterocycles. The predicted molar refractivity (Wildman–Crippen MR) is 196 cm³/mol. The molecule has 2 fully saturated rings. The van der Waals surface area contributed by atoms with Crippen molar-refractivity contribution >= 4 is 42.6 Å². The maximum Gasteiger partial charge on any atom is 0.404 e. The Morgan fingerprint density at radius 1 is 1.08 bits per heavy atom. The van der Waals surface area contributed by atoms with Crippen LogP contribution in [0.5, 0.6) is 0 Å². The molecule has 5 heterocycles. The molecular formula is C36H48N8O5Si. The van der Waals surface area contributed by atoms with E-state index in [9.17, 15) is 9.59 Å². The smallest absolute Gasteiger partial charge is 0.404 e. The first-order chi connectivity index (χ1) is 24.0. The molecule has 0 spiro atoms. The van der Waals surface area contributed by atoms with E-state index in [1.54, 1.807) is 18.6 Å². The maximum atomic E-state index is 13.3. The third-order valence-corrected chi connectivity index (χ3v) is 11.0. The number of piperidine rings is 1. The number of carboxylic acid groups (broad SMARTS) is 1. The fraction of sp³-hybridized carbons (Fsp3) is 0.472. The van der Waals surface area contributed by atoms with Gasteiger partial charge in [0.1, 0.15) is 30.2 Å². The fourth-order valence-corrected chi connectivity index (χ4v) is 7.35. The number of aromatic nitrogens is 4. The van der Waals surface area contributed by atoms with Crippen LogP contribution < -0.4 is 15.5 Å². The number of nitrogens with zero attached hydrogens (tertiary/aromatic N) is 6. The molecule has 6 rings (SSSR count). The van der Waals surface area contributed by atoms with Gasteiger partial charge in [0.15, 0.2) is 0 Å². The van der Waals surface area contributed by atoms with Crippen LogP contribution in [0.4, 0.5) is 16.3 Å². The largest absolute Gasteiger partial charge is 0.465 e. The van der Waals surface area contributed by atoms with E-state index < -0.39 is 14.2 Å². The molecule has 1 aromatic carbocycles. The van der Waals surface area contributed by atoms with Crippen LogP contribution in [0.3, 0.4) is 0 Å². The normalized spacial score (nSPS) is 18.7. The first-order valence-corrected chi connectivity index (χ1v) is 21.1. The molecule has 14 heteroatoms. The first kappa shape index (κ1) is 35.5. The van der Waals surface area contributed by atoms with Crippen molar-refractivity contribution < 1.29 is 24.2 Å². The number of anilines is 2. The second kappa shape index (κ2) is 15.7. The third kappa shape index (κ3) is 8.85. The van der Waals surface area contributed by atoms with E-state index >= 15 is 0 Å². The second-order valence-corrected chi connectivity index (χ2v) is 20.1. The number of benzene rings is 1. The van der Waals surface area contributed by atoms with Crippen molar-refractivity contribution in [2.45, 2.75) is 70.8 Å². The molecule has 50 heavy (non-hydrogen) atoms. The number of fused-ring (bicyclic) bond motifs is 1. The Labute approximate surface area is 294 Å².